The average Bonchev–Trinajstić information content (AvgIpc) is 3.59. The summed E-state index contributed by atoms with van der Waals surface area (Å²) in [6, 6.07) is 6.12. The molecule has 6 heteroatoms. The molecule has 0 unspecified atom stereocenters. The highest BCUT2D eigenvalue weighted by atomic mass is 16.5. The van der Waals surface area contributed by atoms with Crippen molar-refractivity contribution in [1.29, 1.82) is 0 Å². The quantitative estimate of drug-likeness (QED) is 0.262. The van der Waals surface area contributed by atoms with E-state index in [1.807, 2.05) is 26.0 Å². The number of hydrogen-bond donors (Lipinski definition) is 0. The number of imide groups is 1. The number of benzene rings is 1. The maximum Gasteiger partial charge on any atom is 0.330 e. The van der Waals surface area contributed by atoms with Crippen molar-refractivity contribution in [2.75, 3.05) is 0 Å². The standard InChI is InChI=1S/C27H31NO5/c1-4-5-6-21(27(32)33-15(3)24(29)16-9-7-14(2)8-10-16)28-25(30)22-17-11-12-18(20-13-19(17)20)23(22)26(28)31/h7-12,15,17-23H,4-6,13H2,1-3H3/t15-,17-,18-,19-,20-,21+,22-,23+/m1/s1. The van der Waals surface area contributed by atoms with Crippen LogP contribution in [-0.4, -0.2) is 40.6 Å². The van der Waals surface area contributed by atoms with Gasteiger partial charge in [-0.25, -0.2) is 4.79 Å². The maximum atomic E-state index is 13.5. The summed E-state index contributed by atoms with van der Waals surface area (Å²) in [5.41, 5.74) is 1.50. The maximum absolute atomic E-state index is 13.5. The van der Waals surface area contributed by atoms with Gasteiger partial charge in [-0.1, -0.05) is 61.7 Å². The Hall–Kier alpha value is -2.76. The molecule has 0 N–H and O–H groups in total. The zero-order valence-electron chi connectivity index (χ0n) is 19.4. The molecule has 1 saturated heterocycles. The van der Waals surface area contributed by atoms with Gasteiger partial charge >= 0.3 is 5.97 Å². The van der Waals surface area contributed by atoms with Gasteiger partial charge in [0, 0.05) is 5.56 Å². The predicted molar refractivity (Wildman–Crippen MR) is 121 cm³/mol. The number of rotatable bonds is 8. The van der Waals surface area contributed by atoms with E-state index >= 15 is 0 Å². The zero-order chi connectivity index (χ0) is 23.4. The Morgan fingerprint density at radius 2 is 1.61 bits per heavy atom. The molecule has 0 spiro atoms. The molecule has 5 aliphatic rings. The van der Waals surface area contributed by atoms with Crippen molar-refractivity contribution in [2.24, 2.45) is 35.5 Å². The van der Waals surface area contributed by atoms with Gasteiger partial charge in [0.1, 0.15) is 6.04 Å². The van der Waals surface area contributed by atoms with E-state index < -0.39 is 18.1 Å². The van der Waals surface area contributed by atoms with Gasteiger partial charge in [-0.05, 0) is 50.4 Å². The molecule has 174 valence electrons. The van der Waals surface area contributed by atoms with Gasteiger partial charge in [-0.15, -0.1) is 0 Å². The molecule has 1 aromatic rings. The lowest BCUT2D eigenvalue weighted by Crippen LogP contribution is -2.47. The second kappa shape index (κ2) is 8.23. The van der Waals surface area contributed by atoms with Crippen molar-refractivity contribution in [3.05, 3.63) is 47.5 Å². The lowest BCUT2D eigenvalue weighted by molar-refractivity contribution is -0.161. The van der Waals surface area contributed by atoms with Gasteiger partial charge in [-0.2, -0.15) is 0 Å². The largest absolute Gasteiger partial charge is 0.453 e. The van der Waals surface area contributed by atoms with Crippen LogP contribution in [0.3, 0.4) is 0 Å². The highest BCUT2D eigenvalue weighted by Crippen LogP contribution is 2.65. The van der Waals surface area contributed by atoms with Crippen LogP contribution >= 0.6 is 0 Å². The number of ether oxygens (including phenoxy) is 1. The summed E-state index contributed by atoms with van der Waals surface area (Å²) in [6.07, 6.45) is 6.20. The minimum absolute atomic E-state index is 0.108. The molecule has 4 aliphatic carbocycles. The first kappa shape index (κ1) is 22.1. The van der Waals surface area contributed by atoms with Crippen LogP contribution in [0.5, 0.6) is 0 Å². The van der Waals surface area contributed by atoms with E-state index in [4.69, 9.17) is 4.74 Å². The number of allylic oxidation sites excluding steroid dienone is 2. The lowest BCUT2D eigenvalue weighted by Gasteiger charge is -2.37. The molecule has 0 radical (unpaired) electrons. The molecule has 2 bridgehead atoms. The van der Waals surface area contributed by atoms with E-state index in [9.17, 15) is 19.2 Å². The fraction of sp³-hybridized carbons (Fsp3) is 0.556. The number of unbranched alkanes of at least 4 members (excludes halogenated alkanes) is 1. The summed E-state index contributed by atoms with van der Waals surface area (Å²) in [5, 5.41) is 0. The minimum atomic E-state index is -0.995. The van der Waals surface area contributed by atoms with Crippen molar-refractivity contribution < 1.29 is 23.9 Å². The first-order valence-corrected chi connectivity index (χ1v) is 12.2. The van der Waals surface area contributed by atoms with Crippen LogP contribution in [0.15, 0.2) is 36.4 Å². The summed E-state index contributed by atoms with van der Waals surface area (Å²) in [7, 11) is 0. The lowest BCUT2D eigenvalue weighted by atomic mass is 9.63. The van der Waals surface area contributed by atoms with Crippen molar-refractivity contribution >= 4 is 23.6 Å². The van der Waals surface area contributed by atoms with Crippen molar-refractivity contribution in [3.63, 3.8) is 0 Å². The van der Waals surface area contributed by atoms with E-state index in [2.05, 4.69) is 12.2 Å². The Kier molecular flexibility index (Phi) is 5.50. The van der Waals surface area contributed by atoms with Crippen molar-refractivity contribution in [3.8, 4) is 0 Å². The molecule has 1 aromatic carbocycles. The van der Waals surface area contributed by atoms with Crippen molar-refractivity contribution in [2.45, 2.75) is 58.6 Å². The Morgan fingerprint density at radius 3 is 2.15 bits per heavy atom. The molecule has 6 nitrogen and oxygen atoms in total. The third kappa shape index (κ3) is 3.54. The van der Waals surface area contributed by atoms with Crippen LogP contribution in [0.1, 0.15) is 55.5 Å². The number of aryl methyl sites for hydroxylation is 1. The second-order valence-electron chi connectivity index (χ2n) is 10.2. The number of ketones is 1. The molecule has 8 atom stereocenters. The summed E-state index contributed by atoms with van der Waals surface area (Å²) in [5.74, 6) is -0.894. The third-order valence-corrected chi connectivity index (χ3v) is 8.11. The van der Waals surface area contributed by atoms with E-state index in [-0.39, 0.29) is 41.3 Å². The zero-order valence-corrected chi connectivity index (χ0v) is 19.4. The summed E-state index contributed by atoms with van der Waals surface area (Å²) < 4.78 is 5.57. The molecule has 1 heterocycles. The molecule has 2 saturated carbocycles. The normalized spacial score (nSPS) is 32.9. The second-order valence-corrected chi connectivity index (χ2v) is 10.2. The van der Waals surface area contributed by atoms with Crippen LogP contribution in [0, 0.1) is 42.4 Å². The van der Waals surface area contributed by atoms with Crippen LogP contribution < -0.4 is 0 Å². The van der Waals surface area contributed by atoms with Gasteiger partial charge in [0.15, 0.2) is 6.10 Å². The first-order valence-electron chi connectivity index (χ1n) is 12.2. The van der Waals surface area contributed by atoms with E-state index in [1.54, 1.807) is 19.1 Å². The van der Waals surface area contributed by atoms with Gasteiger partial charge in [0.05, 0.1) is 11.8 Å². The number of nitrogens with zero attached hydrogens (tertiary/aromatic N) is 1. The number of Topliss-reactive ketones (excluding diaryl/α,β-unsaturated/α-hetero) is 1. The molecular formula is C27H31NO5. The monoisotopic (exact) mass is 449 g/mol. The molecule has 6 rings (SSSR count). The average molecular weight is 450 g/mol. The highest BCUT2D eigenvalue weighted by molar-refractivity contribution is 6.09. The van der Waals surface area contributed by atoms with E-state index in [0.717, 1.165) is 18.4 Å². The topological polar surface area (TPSA) is 80.8 Å². The fourth-order valence-corrected chi connectivity index (χ4v) is 6.30. The Balaban J connectivity index is 1.35. The number of likely N-dealkylation sites (tertiary alicyclic amines) is 1. The third-order valence-electron chi connectivity index (χ3n) is 8.11. The van der Waals surface area contributed by atoms with Gasteiger partial charge in [-0.3, -0.25) is 19.3 Å². The van der Waals surface area contributed by atoms with Crippen LogP contribution in [0.2, 0.25) is 0 Å². The van der Waals surface area contributed by atoms with E-state index in [0.29, 0.717) is 30.2 Å². The van der Waals surface area contributed by atoms with Crippen LogP contribution in [0.4, 0.5) is 0 Å². The number of hydrogen-bond acceptors (Lipinski definition) is 5. The SMILES string of the molecule is CCCC[C@@H](C(=O)O[C@H](C)C(=O)c1ccc(C)cc1)N1C(=O)[C@@H]2[C@@H]3C=C[C@H]([C@H]4C[C@H]34)[C@@H]2C1=O. The van der Waals surface area contributed by atoms with E-state index in [1.165, 1.54) is 4.90 Å². The highest BCUT2D eigenvalue weighted by Gasteiger charge is 2.68. The molecular weight excluding hydrogens is 418 g/mol. The molecule has 0 aromatic heterocycles. The number of esters is 1. The van der Waals surface area contributed by atoms with Crippen molar-refractivity contribution in [1.82, 2.24) is 4.90 Å². The summed E-state index contributed by atoms with van der Waals surface area (Å²) in [4.78, 5) is 54.2. The summed E-state index contributed by atoms with van der Waals surface area (Å²) >= 11 is 0. The molecule has 3 fully saturated rings. The fourth-order valence-electron chi connectivity index (χ4n) is 6.30. The predicted octanol–water partition coefficient (Wildman–Crippen LogP) is 3.72. The van der Waals surface area contributed by atoms with Gasteiger partial charge in [0.25, 0.3) is 0 Å². The Bertz CT molecular complexity index is 991. The Labute approximate surface area is 194 Å². The minimum Gasteiger partial charge on any atom is -0.453 e. The van der Waals surface area contributed by atoms with Gasteiger partial charge in [0.2, 0.25) is 17.6 Å². The molecule has 1 aliphatic heterocycles. The van der Waals surface area contributed by atoms with Gasteiger partial charge < -0.3 is 4.74 Å². The molecule has 33 heavy (non-hydrogen) atoms. The first-order chi connectivity index (χ1) is 15.8. The van der Waals surface area contributed by atoms with Crippen LogP contribution in [-0.2, 0) is 19.1 Å². The summed E-state index contributed by atoms with van der Waals surface area (Å²) in [6.45, 7) is 5.47. The molecule has 2 amide bonds. The number of amides is 2. The number of carbonyl (C=O) groups excluding carboxylic acids is 4. The van der Waals surface area contributed by atoms with Crippen LogP contribution in [0.25, 0.3) is 0 Å². The number of carbonyl (C=O) groups is 4. The Morgan fingerprint density at radius 1 is 1.03 bits per heavy atom. The smallest absolute Gasteiger partial charge is 0.330 e.